The molecule has 2 nitrogen and oxygen atoms in total. The summed E-state index contributed by atoms with van der Waals surface area (Å²) in [5.74, 6) is 1.47. The van der Waals surface area contributed by atoms with Gasteiger partial charge in [0.05, 0.1) is 10.6 Å². The van der Waals surface area contributed by atoms with Gasteiger partial charge in [-0.2, -0.15) is 0 Å². The maximum Gasteiger partial charge on any atom is 0.253 e. The molecule has 1 N–H and O–H groups in total. The number of amides is 1. The molecule has 0 aromatic heterocycles. The van der Waals surface area contributed by atoms with Crippen molar-refractivity contribution < 1.29 is 4.79 Å². The van der Waals surface area contributed by atoms with Gasteiger partial charge in [-0.05, 0) is 49.3 Å². The summed E-state index contributed by atoms with van der Waals surface area (Å²) in [5.41, 5.74) is 0.564. The molecule has 0 aliphatic heterocycles. The van der Waals surface area contributed by atoms with Gasteiger partial charge in [-0.25, -0.2) is 0 Å². The summed E-state index contributed by atoms with van der Waals surface area (Å²) in [6, 6.07) is 5.73. The third-order valence-corrected chi connectivity index (χ3v) is 5.05. The highest BCUT2D eigenvalue weighted by Crippen LogP contribution is 2.44. The number of hydrogen-bond donors (Lipinski definition) is 1. The van der Waals surface area contributed by atoms with Gasteiger partial charge in [0.2, 0.25) is 0 Å². The number of nitrogens with one attached hydrogen (secondary N) is 1. The number of halogens is 2. The zero-order valence-corrected chi connectivity index (χ0v) is 12.3. The lowest BCUT2D eigenvalue weighted by Crippen LogP contribution is -2.38. The lowest BCUT2D eigenvalue weighted by molar-refractivity contribution is 0.0923. The topological polar surface area (TPSA) is 29.1 Å². The Labute approximate surface area is 120 Å². The molecule has 2 aliphatic carbocycles. The molecule has 4 heteroatoms. The third-order valence-electron chi connectivity index (χ3n) is 4.23. The standard InChI is InChI=1S/C14H15BrClNO/c15-10-3-4-12(16)11(7-10)14(18)17-13-6-8-1-2-9(13)5-8/h3-4,7-9,13H,1-2,5-6H2,(H,17,18). The molecule has 3 unspecified atom stereocenters. The first kappa shape index (κ1) is 12.5. The first-order valence-electron chi connectivity index (χ1n) is 6.39. The van der Waals surface area contributed by atoms with E-state index in [0.29, 0.717) is 22.5 Å². The van der Waals surface area contributed by atoms with Crippen LogP contribution in [0.25, 0.3) is 0 Å². The molecule has 3 rings (SSSR count). The maximum absolute atomic E-state index is 12.2. The second-order valence-corrected chi connectivity index (χ2v) is 6.70. The van der Waals surface area contributed by atoms with Crippen molar-refractivity contribution in [1.29, 1.82) is 0 Å². The molecule has 96 valence electrons. The molecule has 0 heterocycles. The van der Waals surface area contributed by atoms with Gasteiger partial charge in [-0.1, -0.05) is 34.0 Å². The van der Waals surface area contributed by atoms with E-state index in [0.717, 1.165) is 16.8 Å². The van der Waals surface area contributed by atoms with E-state index in [2.05, 4.69) is 21.2 Å². The molecule has 2 aliphatic rings. The van der Waals surface area contributed by atoms with Gasteiger partial charge < -0.3 is 5.32 Å². The molecule has 2 fully saturated rings. The third kappa shape index (κ3) is 2.30. The summed E-state index contributed by atoms with van der Waals surface area (Å²) >= 11 is 9.45. The minimum absolute atomic E-state index is 0.0427. The summed E-state index contributed by atoms with van der Waals surface area (Å²) in [7, 11) is 0. The molecule has 1 aromatic carbocycles. The van der Waals surface area contributed by atoms with Crippen LogP contribution in [0.15, 0.2) is 22.7 Å². The van der Waals surface area contributed by atoms with Crippen LogP contribution in [-0.4, -0.2) is 11.9 Å². The summed E-state index contributed by atoms with van der Waals surface area (Å²) in [6.45, 7) is 0. The summed E-state index contributed by atoms with van der Waals surface area (Å²) in [6.07, 6.45) is 5.04. The molecule has 1 amide bonds. The van der Waals surface area contributed by atoms with E-state index in [1.807, 2.05) is 6.07 Å². The van der Waals surface area contributed by atoms with Gasteiger partial charge >= 0.3 is 0 Å². The van der Waals surface area contributed by atoms with Crippen molar-refractivity contribution in [2.75, 3.05) is 0 Å². The van der Waals surface area contributed by atoms with Crippen LogP contribution in [-0.2, 0) is 0 Å². The van der Waals surface area contributed by atoms with Crippen molar-refractivity contribution in [3.05, 3.63) is 33.3 Å². The average molecular weight is 329 g/mol. The Morgan fingerprint density at radius 2 is 2.17 bits per heavy atom. The van der Waals surface area contributed by atoms with Crippen LogP contribution < -0.4 is 5.32 Å². The Hall–Kier alpha value is -0.540. The van der Waals surface area contributed by atoms with E-state index in [9.17, 15) is 4.79 Å². The molecule has 2 saturated carbocycles. The second-order valence-electron chi connectivity index (χ2n) is 5.38. The fraction of sp³-hybridized carbons (Fsp3) is 0.500. The van der Waals surface area contributed by atoms with Crippen molar-refractivity contribution in [1.82, 2.24) is 5.32 Å². The maximum atomic E-state index is 12.2. The Morgan fingerprint density at radius 1 is 1.33 bits per heavy atom. The molecular formula is C14H15BrClNO. The van der Waals surface area contributed by atoms with Gasteiger partial charge in [0.1, 0.15) is 0 Å². The van der Waals surface area contributed by atoms with Gasteiger partial charge in [-0.15, -0.1) is 0 Å². The first-order chi connectivity index (χ1) is 8.63. The van der Waals surface area contributed by atoms with Crippen LogP contribution in [0.4, 0.5) is 0 Å². The Balaban J connectivity index is 1.73. The van der Waals surface area contributed by atoms with Crippen molar-refractivity contribution in [3.8, 4) is 0 Å². The molecule has 0 radical (unpaired) electrons. The largest absolute Gasteiger partial charge is 0.349 e. The average Bonchev–Trinajstić information content (AvgIpc) is 2.94. The predicted octanol–water partition coefficient (Wildman–Crippen LogP) is 4.02. The molecule has 18 heavy (non-hydrogen) atoms. The van der Waals surface area contributed by atoms with Gasteiger partial charge in [-0.3, -0.25) is 4.79 Å². The highest BCUT2D eigenvalue weighted by Gasteiger charge is 2.40. The number of hydrogen-bond acceptors (Lipinski definition) is 1. The molecule has 0 saturated heterocycles. The lowest BCUT2D eigenvalue weighted by atomic mass is 9.95. The zero-order valence-electron chi connectivity index (χ0n) is 9.96. The van der Waals surface area contributed by atoms with E-state index in [1.165, 1.54) is 19.3 Å². The Kier molecular flexibility index (Phi) is 3.37. The van der Waals surface area contributed by atoms with Crippen LogP contribution in [0, 0.1) is 11.8 Å². The van der Waals surface area contributed by atoms with E-state index >= 15 is 0 Å². The normalized spacial score (nSPS) is 29.6. The highest BCUT2D eigenvalue weighted by atomic mass is 79.9. The molecule has 3 atom stereocenters. The number of fused-ring (bicyclic) bond motifs is 2. The zero-order chi connectivity index (χ0) is 12.7. The van der Waals surface area contributed by atoms with Gasteiger partial charge in [0.25, 0.3) is 5.91 Å². The van der Waals surface area contributed by atoms with E-state index < -0.39 is 0 Å². The SMILES string of the molecule is O=C(NC1CC2CCC1C2)c1cc(Br)ccc1Cl. The summed E-state index contributed by atoms with van der Waals surface area (Å²) in [5, 5.41) is 3.66. The van der Waals surface area contributed by atoms with Gasteiger partial charge in [0, 0.05) is 10.5 Å². The smallest absolute Gasteiger partial charge is 0.253 e. The second kappa shape index (κ2) is 4.86. The minimum Gasteiger partial charge on any atom is -0.349 e. The van der Waals surface area contributed by atoms with Crippen molar-refractivity contribution in [3.63, 3.8) is 0 Å². The quantitative estimate of drug-likeness (QED) is 0.873. The molecule has 2 bridgehead atoms. The molecule has 0 spiro atoms. The van der Waals surface area contributed by atoms with E-state index in [-0.39, 0.29) is 5.91 Å². The molecular weight excluding hydrogens is 314 g/mol. The van der Waals surface area contributed by atoms with Crippen molar-refractivity contribution in [2.24, 2.45) is 11.8 Å². The van der Waals surface area contributed by atoms with Crippen LogP contribution >= 0.6 is 27.5 Å². The number of rotatable bonds is 2. The van der Waals surface area contributed by atoms with Crippen LogP contribution in [0.2, 0.25) is 5.02 Å². The van der Waals surface area contributed by atoms with Crippen LogP contribution in [0.5, 0.6) is 0 Å². The fourth-order valence-corrected chi connectivity index (χ4v) is 3.90. The van der Waals surface area contributed by atoms with Crippen molar-refractivity contribution in [2.45, 2.75) is 31.7 Å². The lowest BCUT2D eigenvalue weighted by Gasteiger charge is -2.23. The van der Waals surface area contributed by atoms with Gasteiger partial charge in [0.15, 0.2) is 0 Å². The van der Waals surface area contributed by atoms with Crippen LogP contribution in [0.1, 0.15) is 36.0 Å². The summed E-state index contributed by atoms with van der Waals surface area (Å²) in [4.78, 5) is 12.2. The fourth-order valence-electron chi connectivity index (χ4n) is 3.34. The Bertz CT molecular complexity index is 491. The predicted molar refractivity (Wildman–Crippen MR) is 75.9 cm³/mol. The molecule has 1 aromatic rings. The minimum atomic E-state index is -0.0427. The highest BCUT2D eigenvalue weighted by molar-refractivity contribution is 9.10. The van der Waals surface area contributed by atoms with Crippen LogP contribution in [0.3, 0.4) is 0 Å². The first-order valence-corrected chi connectivity index (χ1v) is 7.56. The Morgan fingerprint density at radius 3 is 2.83 bits per heavy atom. The number of carbonyl (C=O) groups is 1. The summed E-state index contributed by atoms with van der Waals surface area (Å²) < 4.78 is 0.880. The number of carbonyl (C=O) groups excluding carboxylic acids is 1. The monoisotopic (exact) mass is 327 g/mol. The van der Waals surface area contributed by atoms with E-state index in [1.54, 1.807) is 12.1 Å². The number of benzene rings is 1. The van der Waals surface area contributed by atoms with E-state index in [4.69, 9.17) is 11.6 Å². The van der Waals surface area contributed by atoms with Crippen molar-refractivity contribution >= 4 is 33.4 Å².